The van der Waals surface area contributed by atoms with E-state index in [0.29, 0.717) is 6.42 Å². The van der Waals surface area contributed by atoms with Crippen molar-refractivity contribution in [3.63, 3.8) is 0 Å². The molecule has 0 radical (unpaired) electrons. The maximum Gasteiger partial charge on any atom is 0.222 e. The van der Waals surface area contributed by atoms with Gasteiger partial charge in [0.2, 0.25) is 5.91 Å². The molecule has 0 aliphatic carbocycles. The number of hydrogen-bond acceptors (Lipinski definition) is 2. The first-order chi connectivity index (χ1) is 11.8. The highest BCUT2D eigenvalue weighted by Crippen LogP contribution is 2.15. The molecule has 24 heavy (non-hydrogen) atoms. The van der Waals surface area contributed by atoms with Crippen LogP contribution in [0.4, 0.5) is 0 Å². The van der Waals surface area contributed by atoms with Crippen molar-refractivity contribution in [2.75, 3.05) is 13.7 Å². The van der Waals surface area contributed by atoms with Gasteiger partial charge in [-0.25, -0.2) is 0 Å². The number of nitrogens with one attached hydrogen (secondary N) is 1. The lowest BCUT2D eigenvalue weighted by molar-refractivity contribution is -0.125. The Morgan fingerprint density at radius 3 is 1.96 bits per heavy atom. The third-order valence-electron chi connectivity index (χ3n) is 4.66. The molecular formula is C21H41NO2. The molecule has 1 atom stereocenters. The van der Waals surface area contributed by atoms with Crippen LogP contribution in [0.25, 0.3) is 0 Å². The van der Waals surface area contributed by atoms with Crippen LogP contribution in [-0.2, 0) is 4.79 Å². The van der Waals surface area contributed by atoms with Crippen molar-refractivity contribution in [2.24, 2.45) is 5.92 Å². The van der Waals surface area contributed by atoms with Gasteiger partial charge in [0.25, 0.3) is 0 Å². The van der Waals surface area contributed by atoms with E-state index in [0.717, 1.165) is 12.8 Å². The van der Waals surface area contributed by atoms with Gasteiger partial charge in [0.05, 0.1) is 0 Å². The smallest absolute Gasteiger partial charge is 0.222 e. The van der Waals surface area contributed by atoms with Crippen LogP contribution in [0.1, 0.15) is 96.8 Å². The second-order valence-corrected chi connectivity index (χ2v) is 6.84. The Labute approximate surface area is 150 Å². The van der Waals surface area contributed by atoms with Gasteiger partial charge in [-0.15, -0.1) is 0 Å². The Morgan fingerprint density at radius 1 is 0.875 bits per heavy atom. The minimum Gasteiger partial charge on any atom is -0.396 e. The molecule has 0 aromatic heterocycles. The predicted molar refractivity (Wildman–Crippen MR) is 104 cm³/mol. The molecule has 0 aliphatic rings. The lowest BCUT2D eigenvalue weighted by Gasteiger charge is -2.13. The largest absolute Gasteiger partial charge is 0.396 e. The van der Waals surface area contributed by atoms with Gasteiger partial charge < -0.3 is 10.4 Å². The van der Waals surface area contributed by atoms with E-state index in [-0.39, 0.29) is 18.4 Å². The fraction of sp³-hybridized carbons (Fsp3) is 0.857. The summed E-state index contributed by atoms with van der Waals surface area (Å²) in [6.45, 7) is 2.36. The molecular weight excluding hydrogens is 298 g/mol. The summed E-state index contributed by atoms with van der Waals surface area (Å²) in [5.74, 6) is 0.0545. The first kappa shape index (κ1) is 23.2. The molecule has 3 heteroatoms. The van der Waals surface area contributed by atoms with Gasteiger partial charge in [-0.1, -0.05) is 70.4 Å². The van der Waals surface area contributed by atoms with Crippen molar-refractivity contribution in [3.05, 3.63) is 12.2 Å². The summed E-state index contributed by atoms with van der Waals surface area (Å²) in [7, 11) is 1.67. The zero-order valence-electron chi connectivity index (χ0n) is 16.2. The minimum atomic E-state index is -0.0165. The molecule has 0 heterocycles. The topological polar surface area (TPSA) is 49.3 Å². The van der Waals surface area contributed by atoms with E-state index < -0.39 is 0 Å². The number of amides is 1. The minimum absolute atomic E-state index is 0.0165. The zero-order chi connectivity index (χ0) is 17.9. The molecule has 0 spiro atoms. The van der Waals surface area contributed by atoms with Gasteiger partial charge in [0.15, 0.2) is 0 Å². The van der Waals surface area contributed by atoms with Gasteiger partial charge >= 0.3 is 0 Å². The molecule has 0 aromatic carbocycles. The average molecular weight is 340 g/mol. The summed E-state index contributed by atoms with van der Waals surface area (Å²) >= 11 is 0. The van der Waals surface area contributed by atoms with Crippen molar-refractivity contribution in [1.29, 1.82) is 0 Å². The highest BCUT2D eigenvalue weighted by atomic mass is 16.3. The van der Waals surface area contributed by atoms with E-state index in [2.05, 4.69) is 24.4 Å². The number of rotatable bonds is 17. The van der Waals surface area contributed by atoms with Gasteiger partial charge in [0, 0.05) is 19.6 Å². The third kappa shape index (κ3) is 14.7. The van der Waals surface area contributed by atoms with Crippen molar-refractivity contribution >= 4 is 5.91 Å². The van der Waals surface area contributed by atoms with Crippen molar-refractivity contribution in [3.8, 4) is 0 Å². The van der Waals surface area contributed by atoms with Crippen LogP contribution in [0.15, 0.2) is 12.2 Å². The number of hydrogen-bond donors (Lipinski definition) is 2. The monoisotopic (exact) mass is 339 g/mol. The Hall–Kier alpha value is -0.830. The van der Waals surface area contributed by atoms with Gasteiger partial charge in [-0.2, -0.15) is 0 Å². The first-order valence-corrected chi connectivity index (χ1v) is 10.2. The molecule has 142 valence electrons. The number of allylic oxidation sites excluding steroid dienone is 2. The lowest BCUT2D eigenvalue weighted by atomic mass is 9.96. The van der Waals surface area contributed by atoms with Crippen LogP contribution in [0, 0.1) is 5.92 Å². The number of unbranched alkanes of at least 4 members (excludes halogenated alkanes) is 10. The molecule has 1 unspecified atom stereocenters. The molecule has 2 N–H and O–H groups in total. The predicted octanol–water partition coefficient (Wildman–Crippen LogP) is 5.38. The standard InChI is InChI=1S/C21H41NO2/c1-3-4-5-6-7-8-9-10-11-12-13-14-15-16-17-20(18-19-23)21(24)22-2/h10-11,20,23H,3-9,12-19H2,1-2H3,(H,22,24)/b11-10-. The normalized spacial score (nSPS) is 12.6. The first-order valence-electron chi connectivity index (χ1n) is 10.2. The molecule has 0 rings (SSSR count). The molecule has 3 nitrogen and oxygen atoms in total. The summed E-state index contributed by atoms with van der Waals surface area (Å²) < 4.78 is 0. The number of aliphatic hydroxyl groups excluding tert-OH is 1. The van der Waals surface area contributed by atoms with E-state index in [1.165, 1.54) is 70.6 Å². The molecule has 1 amide bonds. The Balaban J connectivity index is 3.40. The highest BCUT2D eigenvalue weighted by Gasteiger charge is 2.15. The summed E-state index contributed by atoms with van der Waals surface area (Å²) in [5.41, 5.74) is 0. The van der Waals surface area contributed by atoms with E-state index in [1.54, 1.807) is 7.05 Å². The molecule has 0 saturated heterocycles. The quantitative estimate of drug-likeness (QED) is 0.276. The second kappa shape index (κ2) is 18.5. The van der Waals surface area contributed by atoms with Crippen LogP contribution in [0.5, 0.6) is 0 Å². The Morgan fingerprint density at radius 2 is 1.42 bits per heavy atom. The second-order valence-electron chi connectivity index (χ2n) is 6.84. The van der Waals surface area contributed by atoms with Gasteiger partial charge in [-0.3, -0.25) is 4.79 Å². The van der Waals surface area contributed by atoms with Crippen LogP contribution in [0.3, 0.4) is 0 Å². The van der Waals surface area contributed by atoms with E-state index in [9.17, 15) is 4.79 Å². The highest BCUT2D eigenvalue weighted by molar-refractivity contribution is 5.78. The Kier molecular flexibility index (Phi) is 17.9. The van der Waals surface area contributed by atoms with E-state index in [1.807, 2.05) is 0 Å². The summed E-state index contributed by atoms with van der Waals surface area (Å²) in [5, 5.41) is 11.7. The zero-order valence-corrected chi connectivity index (χ0v) is 16.2. The van der Waals surface area contributed by atoms with Crippen LogP contribution >= 0.6 is 0 Å². The maximum absolute atomic E-state index is 11.6. The number of carbonyl (C=O) groups is 1. The van der Waals surface area contributed by atoms with Crippen LogP contribution in [-0.4, -0.2) is 24.7 Å². The number of carbonyl (C=O) groups excluding carboxylic acids is 1. The lowest BCUT2D eigenvalue weighted by Crippen LogP contribution is -2.28. The molecule has 0 aliphatic heterocycles. The van der Waals surface area contributed by atoms with Gasteiger partial charge in [0.1, 0.15) is 0 Å². The molecule has 0 fully saturated rings. The summed E-state index contributed by atoms with van der Waals surface area (Å²) in [6.07, 6.45) is 21.6. The van der Waals surface area contributed by atoms with Crippen molar-refractivity contribution in [1.82, 2.24) is 5.32 Å². The van der Waals surface area contributed by atoms with Crippen LogP contribution in [0.2, 0.25) is 0 Å². The summed E-state index contributed by atoms with van der Waals surface area (Å²) in [4.78, 5) is 11.6. The van der Waals surface area contributed by atoms with Crippen LogP contribution < -0.4 is 5.32 Å². The number of aliphatic hydroxyl groups is 1. The average Bonchev–Trinajstić information content (AvgIpc) is 2.60. The fourth-order valence-corrected chi connectivity index (χ4v) is 3.05. The Bertz CT molecular complexity index is 302. The molecule has 0 aromatic rings. The van der Waals surface area contributed by atoms with Gasteiger partial charge in [-0.05, 0) is 38.5 Å². The molecule has 0 bridgehead atoms. The van der Waals surface area contributed by atoms with Crippen molar-refractivity contribution < 1.29 is 9.90 Å². The van der Waals surface area contributed by atoms with E-state index >= 15 is 0 Å². The molecule has 0 saturated carbocycles. The van der Waals surface area contributed by atoms with E-state index in [4.69, 9.17) is 5.11 Å². The fourth-order valence-electron chi connectivity index (χ4n) is 3.05. The summed E-state index contributed by atoms with van der Waals surface area (Å²) in [6, 6.07) is 0. The van der Waals surface area contributed by atoms with Crippen molar-refractivity contribution in [2.45, 2.75) is 96.8 Å². The third-order valence-corrected chi connectivity index (χ3v) is 4.66. The SMILES string of the molecule is CCCCCCCC/C=C\CCCCCCC(CCO)C(=O)NC. The maximum atomic E-state index is 11.6.